The van der Waals surface area contributed by atoms with E-state index >= 15 is 0 Å². The Balaban J connectivity index is 1.79. The highest BCUT2D eigenvalue weighted by Gasteiger charge is 2.26. The molecule has 0 fully saturated rings. The molecular weight excluding hydrogens is 476 g/mol. The van der Waals surface area contributed by atoms with E-state index in [1.54, 1.807) is 54.6 Å². The summed E-state index contributed by atoms with van der Waals surface area (Å²) in [5.41, 5.74) is 0.803. The molecular formula is C27H28N4O4S. The van der Waals surface area contributed by atoms with Gasteiger partial charge < -0.3 is 14.9 Å². The second kappa shape index (κ2) is 9.50. The number of nitrogens with zero attached hydrogens (tertiary/aromatic N) is 1. The molecule has 186 valence electrons. The van der Waals surface area contributed by atoms with E-state index < -0.39 is 15.5 Å². The van der Waals surface area contributed by atoms with E-state index in [-0.39, 0.29) is 33.2 Å². The van der Waals surface area contributed by atoms with Crippen molar-refractivity contribution in [2.24, 2.45) is 0 Å². The van der Waals surface area contributed by atoms with Crippen LogP contribution in [-0.4, -0.2) is 49.5 Å². The van der Waals surface area contributed by atoms with E-state index in [2.05, 4.69) is 33.4 Å². The Bertz CT molecular complexity index is 1840. The number of aromatic nitrogens is 2. The van der Waals surface area contributed by atoms with Crippen molar-refractivity contribution in [2.75, 3.05) is 26.2 Å². The van der Waals surface area contributed by atoms with Gasteiger partial charge in [0.15, 0.2) is 10.9 Å². The van der Waals surface area contributed by atoms with Crippen LogP contribution in [0.1, 0.15) is 20.3 Å². The van der Waals surface area contributed by atoms with Crippen LogP contribution < -0.4 is 15.6 Å². The number of rotatable bonds is 8. The van der Waals surface area contributed by atoms with E-state index in [0.29, 0.717) is 33.7 Å². The van der Waals surface area contributed by atoms with Gasteiger partial charge in [-0.05, 0) is 56.4 Å². The van der Waals surface area contributed by atoms with E-state index in [1.165, 1.54) is 0 Å². The van der Waals surface area contributed by atoms with Gasteiger partial charge in [-0.15, -0.1) is 0 Å². The van der Waals surface area contributed by atoms with Crippen LogP contribution in [0.15, 0.2) is 69.1 Å². The third-order valence-corrected chi connectivity index (χ3v) is 8.26. The van der Waals surface area contributed by atoms with Gasteiger partial charge in [-0.3, -0.25) is 9.59 Å². The number of H-pyrrole nitrogens is 2. The first-order valence-electron chi connectivity index (χ1n) is 12.1. The van der Waals surface area contributed by atoms with E-state index in [9.17, 15) is 18.0 Å². The summed E-state index contributed by atoms with van der Waals surface area (Å²) in [5, 5.41) is 1.06. The fourth-order valence-corrected chi connectivity index (χ4v) is 6.27. The normalized spacial score (nSPS) is 12.4. The molecule has 8 nitrogen and oxygen atoms in total. The number of sulfonamides is 1. The molecule has 0 saturated carbocycles. The van der Waals surface area contributed by atoms with Crippen molar-refractivity contribution in [1.29, 1.82) is 0 Å². The minimum atomic E-state index is -4.16. The molecule has 0 unspecified atom stereocenters. The molecule has 5 aromatic rings. The predicted octanol–water partition coefficient (Wildman–Crippen LogP) is 3.69. The molecule has 0 aliphatic heterocycles. The van der Waals surface area contributed by atoms with Crippen LogP contribution in [0.2, 0.25) is 0 Å². The lowest BCUT2D eigenvalue weighted by Gasteiger charge is -2.18. The Morgan fingerprint density at radius 3 is 2.08 bits per heavy atom. The maximum absolute atomic E-state index is 13.8. The molecule has 0 atom stereocenters. The largest absolute Gasteiger partial charge is 0.354 e. The first-order chi connectivity index (χ1) is 17.4. The van der Waals surface area contributed by atoms with Crippen molar-refractivity contribution >= 4 is 53.6 Å². The van der Waals surface area contributed by atoms with Gasteiger partial charge in [0.1, 0.15) is 4.90 Å². The Morgan fingerprint density at radius 1 is 0.806 bits per heavy atom. The maximum atomic E-state index is 13.8. The summed E-state index contributed by atoms with van der Waals surface area (Å²) < 4.78 is 30.2. The maximum Gasteiger partial charge on any atom is 0.243 e. The Hall–Kier alpha value is -3.53. The van der Waals surface area contributed by atoms with Crippen LogP contribution in [0.5, 0.6) is 0 Å². The van der Waals surface area contributed by atoms with Crippen LogP contribution in [0.4, 0.5) is 0 Å². The highest BCUT2D eigenvalue weighted by atomic mass is 32.2. The number of aromatic amines is 2. The van der Waals surface area contributed by atoms with Gasteiger partial charge in [0.2, 0.25) is 10.0 Å². The molecule has 0 saturated heterocycles. The number of para-hydroxylation sites is 2. The molecule has 36 heavy (non-hydrogen) atoms. The topological polar surface area (TPSA) is 115 Å². The Kier molecular flexibility index (Phi) is 6.38. The summed E-state index contributed by atoms with van der Waals surface area (Å²) in [6.07, 6.45) is 0.613. The molecule has 0 bridgehead atoms. The molecule has 0 radical (unpaired) electrons. The lowest BCUT2D eigenvalue weighted by atomic mass is 10.1. The average Bonchev–Trinajstić information content (AvgIpc) is 2.88. The summed E-state index contributed by atoms with van der Waals surface area (Å²) in [6.45, 7) is 6.85. The SMILES string of the molecule is CCN(CC)CCCNS(=O)(=O)c1c2[nH]c3ccccc3c(=O)c2cc2[nH]c3ccccc3c(=O)c12. The molecule has 3 aromatic carbocycles. The van der Waals surface area contributed by atoms with Gasteiger partial charge in [-0.25, -0.2) is 13.1 Å². The van der Waals surface area contributed by atoms with Gasteiger partial charge in [0, 0.05) is 33.7 Å². The highest BCUT2D eigenvalue weighted by molar-refractivity contribution is 7.90. The van der Waals surface area contributed by atoms with Crippen molar-refractivity contribution in [1.82, 2.24) is 19.6 Å². The number of nitrogens with one attached hydrogen (secondary N) is 3. The van der Waals surface area contributed by atoms with Crippen molar-refractivity contribution in [3.63, 3.8) is 0 Å². The van der Waals surface area contributed by atoms with E-state index in [1.807, 2.05) is 0 Å². The zero-order valence-electron chi connectivity index (χ0n) is 20.2. The second-order valence-corrected chi connectivity index (χ2v) is 10.5. The molecule has 0 spiro atoms. The second-order valence-electron chi connectivity index (χ2n) is 8.83. The average molecular weight is 505 g/mol. The fourth-order valence-electron chi connectivity index (χ4n) is 4.82. The zero-order valence-corrected chi connectivity index (χ0v) is 21.0. The Labute approximate surface area is 208 Å². The molecule has 9 heteroatoms. The quantitative estimate of drug-likeness (QED) is 0.220. The van der Waals surface area contributed by atoms with Crippen LogP contribution in [0, 0.1) is 0 Å². The summed E-state index contributed by atoms with van der Waals surface area (Å²) >= 11 is 0. The third-order valence-electron chi connectivity index (χ3n) is 6.73. The summed E-state index contributed by atoms with van der Waals surface area (Å²) in [5.74, 6) is 0. The van der Waals surface area contributed by atoms with Gasteiger partial charge >= 0.3 is 0 Å². The smallest absolute Gasteiger partial charge is 0.243 e. The minimum Gasteiger partial charge on any atom is -0.354 e. The molecule has 2 heterocycles. The van der Waals surface area contributed by atoms with E-state index in [4.69, 9.17) is 0 Å². The Morgan fingerprint density at radius 2 is 1.42 bits per heavy atom. The molecule has 0 aliphatic carbocycles. The third kappa shape index (κ3) is 4.09. The summed E-state index contributed by atoms with van der Waals surface area (Å²) in [7, 11) is -4.16. The lowest BCUT2D eigenvalue weighted by Crippen LogP contribution is -2.31. The first-order valence-corrected chi connectivity index (χ1v) is 13.6. The predicted molar refractivity (Wildman–Crippen MR) is 145 cm³/mol. The first kappa shape index (κ1) is 24.2. The molecule has 3 N–H and O–H groups in total. The van der Waals surface area contributed by atoms with Crippen LogP contribution in [-0.2, 0) is 10.0 Å². The minimum absolute atomic E-state index is 0.0309. The number of fused-ring (bicyclic) bond motifs is 4. The highest BCUT2D eigenvalue weighted by Crippen LogP contribution is 2.29. The van der Waals surface area contributed by atoms with Crippen LogP contribution in [0.3, 0.4) is 0 Å². The number of hydrogen-bond acceptors (Lipinski definition) is 5. The van der Waals surface area contributed by atoms with Crippen molar-refractivity contribution in [3.05, 3.63) is 75.0 Å². The van der Waals surface area contributed by atoms with Crippen molar-refractivity contribution < 1.29 is 8.42 Å². The van der Waals surface area contributed by atoms with Crippen LogP contribution in [0.25, 0.3) is 43.6 Å². The van der Waals surface area contributed by atoms with Gasteiger partial charge in [0.25, 0.3) is 0 Å². The van der Waals surface area contributed by atoms with E-state index in [0.717, 1.165) is 19.6 Å². The zero-order chi connectivity index (χ0) is 25.4. The fraction of sp³-hybridized carbons (Fsp3) is 0.259. The monoisotopic (exact) mass is 504 g/mol. The molecule has 0 amide bonds. The van der Waals surface area contributed by atoms with Crippen molar-refractivity contribution in [2.45, 2.75) is 25.2 Å². The molecule has 2 aromatic heterocycles. The lowest BCUT2D eigenvalue weighted by molar-refractivity contribution is 0.300. The van der Waals surface area contributed by atoms with Crippen molar-refractivity contribution in [3.8, 4) is 0 Å². The van der Waals surface area contributed by atoms with Gasteiger partial charge in [-0.1, -0.05) is 38.1 Å². The number of hydrogen-bond donors (Lipinski definition) is 3. The van der Waals surface area contributed by atoms with Gasteiger partial charge in [-0.2, -0.15) is 0 Å². The molecule has 5 rings (SSSR count). The summed E-state index contributed by atoms with van der Waals surface area (Å²) in [4.78, 5) is 35.4. The standard InChI is InChI=1S/C27H28N4O4S/c1-3-31(4-2)15-9-14-28-36(34,35)27-23-22(29-20-12-7-6-11-18(20)26(23)33)16-19-24(27)30-21-13-8-5-10-17(21)25(19)32/h5-8,10-13,16,28H,3-4,9,14-15H2,1-2H3,(H,29,33)(H,30,32). The number of benzene rings is 3. The molecule has 0 aliphatic rings. The number of pyridine rings is 2. The van der Waals surface area contributed by atoms with Crippen LogP contribution >= 0.6 is 0 Å². The van der Waals surface area contributed by atoms with Gasteiger partial charge in [0.05, 0.1) is 16.4 Å². The summed E-state index contributed by atoms with van der Waals surface area (Å²) in [6, 6.07) is 15.5.